The van der Waals surface area contributed by atoms with Crippen molar-refractivity contribution in [1.29, 1.82) is 0 Å². The first kappa shape index (κ1) is 12.9. The summed E-state index contributed by atoms with van der Waals surface area (Å²) in [7, 11) is 0. The highest BCUT2D eigenvalue weighted by Crippen LogP contribution is 2.16. The van der Waals surface area contributed by atoms with Crippen LogP contribution in [0, 0.1) is 6.92 Å². The summed E-state index contributed by atoms with van der Waals surface area (Å²) >= 11 is 0. The van der Waals surface area contributed by atoms with E-state index in [1.807, 2.05) is 67.6 Å². The van der Waals surface area contributed by atoms with Gasteiger partial charge in [0.05, 0.1) is 5.69 Å². The minimum Gasteiger partial charge on any atom is -0.351 e. The molecule has 0 atom stereocenters. The van der Waals surface area contributed by atoms with Crippen LogP contribution in [0.25, 0.3) is 6.08 Å². The Balaban J connectivity index is 2.24. The smallest absolute Gasteiger partial charge is 0.323 e. The number of anilines is 1. The fourth-order valence-corrected chi connectivity index (χ4v) is 1.72. The largest absolute Gasteiger partial charge is 0.351 e. The van der Waals surface area contributed by atoms with Crippen LogP contribution in [0.15, 0.2) is 60.8 Å². The van der Waals surface area contributed by atoms with Crippen LogP contribution in [-0.2, 0) is 0 Å². The van der Waals surface area contributed by atoms with E-state index in [9.17, 15) is 4.79 Å². The predicted octanol–water partition coefficient (Wildman–Crippen LogP) is 3.55. The van der Waals surface area contributed by atoms with Crippen LogP contribution < -0.4 is 10.6 Å². The van der Waals surface area contributed by atoms with E-state index < -0.39 is 6.03 Å². The molecule has 2 N–H and O–H groups in total. The van der Waals surface area contributed by atoms with Crippen LogP contribution in [-0.4, -0.2) is 6.03 Å². The predicted molar refractivity (Wildman–Crippen MR) is 78.7 cm³/mol. The summed E-state index contributed by atoms with van der Waals surface area (Å²) < 4.78 is 0. The molecular formula is C16H16N2O. The van der Waals surface area contributed by atoms with Crippen molar-refractivity contribution in [3.63, 3.8) is 0 Å². The average Bonchev–Trinajstić information content (AvgIpc) is 2.42. The van der Waals surface area contributed by atoms with Gasteiger partial charge in [-0.05, 0) is 30.7 Å². The molecule has 2 aromatic rings. The van der Waals surface area contributed by atoms with E-state index in [1.165, 1.54) is 4.90 Å². The zero-order valence-electron chi connectivity index (χ0n) is 10.8. The van der Waals surface area contributed by atoms with Gasteiger partial charge in [0, 0.05) is 6.20 Å². The molecule has 0 aliphatic carbocycles. The van der Waals surface area contributed by atoms with Crippen molar-refractivity contribution in [2.45, 2.75) is 6.92 Å². The van der Waals surface area contributed by atoms with E-state index >= 15 is 0 Å². The number of aryl methyl sites for hydroxylation is 1. The lowest BCUT2D eigenvalue weighted by Gasteiger charge is -2.15. The summed E-state index contributed by atoms with van der Waals surface area (Å²) in [6.07, 6.45) is 3.53. The van der Waals surface area contributed by atoms with Crippen LogP contribution in [0.1, 0.15) is 11.1 Å². The monoisotopic (exact) mass is 252 g/mol. The third-order valence-electron chi connectivity index (χ3n) is 2.77. The Labute approximate surface area is 113 Å². The number of hydrogen-bond acceptors (Lipinski definition) is 1. The second-order valence-electron chi connectivity index (χ2n) is 4.27. The van der Waals surface area contributed by atoms with Crippen molar-refractivity contribution in [3.05, 3.63) is 71.9 Å². The van der Waals surface area contributed by atoms with Crippen LogP contribution in [0.5, 0.6) is 0 Å². The quantitative estimate of drug-likeness (QED) is 0.892. The van der Waals surface area contributed by atoms with Gasteiger partial charge in [-0.2, -0.15) is 0 Å². The van der Waals surface area contributed by atoms with Gasteiger partial charge in [0.1, 0.15) is 0 Å². The van der Waals surface area contributed by atoms with Crippen LogP contribution >= 0.6 is 0 Å². The number of rotatable bonds is 3. The standard InChI is InChI=1S/C16H16N2O/c1-13-7-9-15(10-8-13)18(16(17)19)12-11-14-5-3-2-4-6-14/h2-12H,1H3,(H2,17,19). The molecule has 0 spiro atoms. The van der Waals surface area contributed by atoms with Gasteiger partial charge in [-0.1, -0.05) is 48.0 Å². The molecule has 0 radical (unpaired) electrons. The van der Waals surface area contributed by atoms with Crippen molar-refractivity contribution in [2.75, 3.05) is 4.90 Å². The molecule has 0 aromatic heterocycles. The first-order valence-corrected chi connectivity index (χ1v) is 6.05. The highest BCUT2D eigenvalue weighted by Gasteiger charge is 2.08. The highest BCUT2D eigenvalue weighted by atomic mass is 16.2. The molecule has 0 bridgehead atoms. The maximum Gasteiger partial charge on any atom is 0.323 e. The first-order valence-electron chi connectivity index (χ1n) is 6.05. The van der Waals surface area contributed by atoms with Crippen molar-refractivity contribution in [3.8, 4) is 0 Å². The summed E-state index contributed by atoms with van der Waals surface area (Å²) in [6.45, 7) is 2.00. The molecule has 0 aliphatic heterocycles. The van der Waals surface area contributed by atoms with E-state index in [1.54, 1.807) is 6.20 Å². The van der Waals surface area contributed by atoms with Crippen molar-refractivity contribution >= 4 is 17.8 Å². The molecule has 2 rings (SSSR count). The molecule has 0 unspecified atom stereocenters. The lowest BCUT2D eigenvalue weighted by Crippen LogP contribution is -2.30. The third-order valence-corrected chi connectivity index (χ3v) is 2.77. The number of hydrogen-bond donors (Lipinski definition) is 1. The molecule has 0 saturated heterocycles. The maximum atomic E-state index is 11.5. The molecule has 19 heavy (non-hydrogen) atoms. The third kappa shape index (κ3) is 3.45. The molecule has 0 heterocycles. The second kappa shape index (κ2) is 5.87. The Bertz CT molecular complexity index is 573. The molecule has 3 nitrogen and oxygen atoms in total. The van der Waals surface area contributed by atoms with Gasteiger partial charge in [-0.15, -0.1) is 0 Å². The summed E-state index contributed by atoms with van der Waals surface area (Å²) in [4.78, 5) is 12.9. The van der Waals surface area contributed by atoms with Crippen molar-refractivity contribution in [2.24, 2.45) is 5.73 Å². The van der Waals surface area contributed by atoms with Gasteiger partial charge >= 0.3 is 6.03 Å². The molecule has 96 valence electrons. The maximum absolute atomic E-state index is 11.5. The van der Waals surface area contributed by atoms with Crippen molar-refractivity contribution < 1.29 is 4.79 Å². The Kier molecular flexibility index (Phi) is 3.98. The molecule has 0 saturated carbocycles. The molecule has 2 amide bonds. The van der Waals surface area contributed by atoms with Gasteiger partial charge in [0.15, 0.2) is 0 Å². The number of carbonyl (C=O) groups excluding carboxylic acids is 1. The van der Waals surface area contributed by atoms with E-state index in [0.717, 1.165) is 16.8 Å². The van der Waals surface area contributed by atoms with Crippen molar-refractivity contribution in [1.82, 2.24) is 0 Å². The number of urea groups is 1. The number of amides is 2. The molecule has 2 aromatic carbocycles. The summed E-state index contributed by atoms with van der Waals surface area (Å²) in [5, 5.41) is 0. The summed E-state index contributed by atoms with van der Waals surface area (Å²) in [5.74, 6) is 0. The Morgan fingerprint density at radius 2 is 1.68 bits per heavy atom. The average molecular weight is 252 g/mol. The van der Waals surface area contributed by atoms with Gasteiger partial charge in [-0.3, -0.25) is 4.90 Å². The molecular weight excluding hydrogens is 236 g/mol. The fraction of sp³-hybridized carbons (Fsp3) is 0.0625. The van der Waals surface area contributed by atoms with E-state index in [0.29, 0.717) is 0 Å². The Hall–Kier alpha value is -2.55. The Morgan fingerprint density at radius 1 is 1.05 bits per heavy atom. The molecule has 0 fully saturated rings. The topological polar surface area (TPSA) is 46.3 Å². The first-order chi connectivity index (χ1) is 9.16. The Morgan fingerprint density at radius 3 is 2.26 bits per heavy atom. The van der Waals surface area contributed by atoms with Gasteiger partial charge in [0.2, 0.25) is 0 Å². The lowest BCUT2D eigenvalue weighted by molar-refractivity contribution is 0.256. The van der Waals surface area contributed by atoms with Crippen LogP contribution in [0.4, 0.5) is 10.5 Å². The SMILES string of the molecule is Cc1ccc(N(C=Cc2ccccc2)C(N)=O)cc1. The minimum atomic E-state index is -0.504. The fourth-order valence-electron chi connectivity index (χ4n) is 1.72. The van der Waals surface area contributed by atoms with E-state index in [2.05, 4.69) is 0 Å². The van der Waals surface area contributed by atoms with E-state index in [4.69, 9.17) is 5.73 Å². The normalized spacial score (nSPS) is 10.6. The van der Waals surface area contributed by atoms with Crippen LogP contribution in [0.2, 0.25) is 0 Å². The number of benzene rings is 2. The van der Waals surface area contributed by atoms with E-state index in [-0.39, 0.29) is 0 Å². The number of primary amides is 1. The van der Waals surface area contributed by atoms with Gasteiger partial charge in [0.25, 0.3) is 0 Å². The summed E-state index contributed by atoms with van der Waals surface area (Å²) in [5.41, 5.74) is 8.32. The number of nitrogens with zero attached hydrogens (tertiary/aromatic N) is 1. The zero-order valence-corrected chi connectivity index (χ0v) is 10.8. The summed E-state index contributed by atoms with van der Waals surface area (Å²) in [6, 6.07) is 16.9. The highest BCUT2D eigenvalue weighted by molar-refractivity contribution is 5.93. The van der Waals surface area contributed by atoms with Gasteiger partial charge < -0.3 is 5.73 Å². The van der Waals surface area contributed by atoms with Crippen LogP contribution in [0.3, 0.4) is 0 Å². The lowest BCUT2D eigenvalue weighted by atomic mass is 10.2. The van der Waals surface area contributed by atoms with Gasteiger partial charge in [-0.25, -0.2) is 4.79 Å². The molecule has 3 heteroatoms. The number of carbonyl (C=O) groups is 1. The minimum absolute atomic E-state index is 0.504. The molecule has 0 aliphatic rings. The zero-order chi connectivity index (χ0) is 13.7. The number of nitrogens with two attached hydrogens (primary N) is 1. The second-order valence-corrected chi connectivity index (χ2v) is 4.27.